The standard InChI is InChI=1S/C16H18N4O2/c1-19-11-10-17-15(19)16(22)18-20-13(8-5-9-14(20)21)12-6-3-2-4-7-12/h2-4,6-7,10-11,13H,5,8-9H2,1H3,(H,18,22). The average Bonchev–Trinajstić information content (AvgIpc) is 2.96. The topological polar surface area (TPSA) is 67.2 Å². The molecule has 1 aromatic carbocycles. The van der Waals surface area contributed by atoms with Crippen molar-refractivity contribution in [2.75, 3.05) is 0 Å². The third-order valence-electron chi connectivity index (χ3n) is 3.88. The first-order valence-corrected chi connectivity index (χ1v) is 7.32. The third kappa shape index (κ3) is 2.72. The van der Waals surface area contributed by atoms with Crippen molar-refractivity contribution in [3.63, 3.8) is 0 Å². The first-order valence-electron chi connectivity index (χ1n) is 7.32. The minimum Gasteiger partial charge on any atom is -0.330 e. The average molecular weight is 298 g/mol. The minimum absolute atomic E-state index is 0.0670. The molecule has 0 radical (unpaired) electrons. The summed E-state index contributed by atoms with van der Waals surface area (Å²) in [5, 5.41) is 1.45. The lowest BCUT2D eigenvalue weighted by atomic mass is 9.96. The van der Waals surface area contributed by atoms with Gasteiger partial charge in [0, 0.05) is 25.9 Å². The van der Waals surface area contributed by atoms with E-state index in [1.165, 1.54) is 5.01 Å². The maximum Gasteiger partial charge on any atom is 0.305 e. The lowest BCUT2D eigenvalue weighted by molar-refractivity contribution is -0.139. The highest BCUT2D eigenvalue weighted by Crippen LogP contribution is 2.30. The van der Waals surface area contributed by atoms with Crippen molar-refractivity contribution >= 4 is 11.8 Å². The van der Waals surface area contributed by atoms with Crippen molar-refractivity contribution in [1.29, 1.82) is 0 Å². The molecule has 1 aromatic heterocycles. The van der Waals surface area contributed by atoms with Gasteiger partial charge in [0.2, 0.25) is 5.91 Å². The van der Waals surface area contributed by atoms with Crippen molar-refractivity contribution in [3.05, 3.63) is 54.1 Å². The zero-order chi connectivity index (χ0) is 15.5. The Balaban J connectivity index is 1.83. The maximum atomic E-state index is 12.3. The van der Waals surface area contributed by atoms with E-state index in [1.54, 1.807) is 24.0 Å². The van der Waals surface area contributed by atoms with E-state index in [0.29, 0.717) is 6.42 Å². The highest BCUT2D eigenvalue weighted by atomic mass is 16.2. The number of benzene rings is 1. The molecule has 1 aliphatic heterocycles. The molecule has 2 amide bonds. The van der Waals surface area contributed by atoms with Crippen LogP contribution in [0.3, 0.4) is 0 Å². The van der Waals surface area contributed by atoms with Crippen molar-refractivity contribution in [3.8, 4) is 0 Å². The second kappa shape index (κ2) is 6.01. The van der Waals surface area contributed by atoms with Crippen LogP contribution >= 0.6 is 0 Å². The van der Waals surface area contributed by atoms with Crippen LogP contribution in [0.1, 0.15) is 41.5 Å². The van der Waals surface area contributed by atoms with Crippen LogP contribution in [-0.2, 0) is 11.8 Å². The van der Waals surface area contributed by atoms with E-state index in [1.807, 2.05) is 30.3 Å². The molecule has 1 fully saturated rings. The number of amides is 2. The van der Waals surface area contributed by atoms with Crippen LogP contribution in [0.5, 0.6) is 0 Å². The number of aryl methyl sites for hydroxylation is 1. The number of nitrogens with one attached hydrogen (secondary N) is 1. The zero-order valence-electron chi connectivity index (χ0n) is 12.4. The molecule has 114 valence electrons. The Hall–Kier alpha value is -2.63. The van der Waals surface area contributed by atoms with Crippen LogP contribution in [0.4, 0.5) is 0 Å². The highest BCUT2D eigenvalue weighted by molar-refractivity contribution is 5.92. The molecule has 6 heteroatoms. The van der Waals surface area contributed by atoms with Gasteiger partial charge in [0.05, 0.1) is 6.04 Å². The largest absolute Gasteiger partial charge is 0.330 e. The Morgan fingerprint density at radius 1 is 1.32 bits per heavy atom. The summed E-state index contributed by atoms with van der Waals surface area (Å²) in [7, 11) is 1.74. The fourth-order valence-electron chi connectivity index (χ4n) is 2.74. The van der Waals surface area contributed by atoms with E-state index < -0.39 is 0 Å². The quantitative estimate of drug-likeness (QED) is 0.940. The summed E-state index contributed by atoms with van der Waals surface area (Å²) in [5.41, 5.74) is 3.75. The SMILES string of the molecule is Cn1ccnc1C(=O)NN1C(=O)CCCC1c1ccccc1. The van der Waals surface area contributed by atoms with E-state index in [2.05, 4.69) is 10.4 Å². The molecule has 22 heavy (non-hydrogen) atoms. The van der Waals surface area contributed by atoms with E-state index in [4.69, 9.17) is 0 Å². The summed E-state index contributed by atoms with van der Waals surface area (Å²) in [6, 6.07) is 9.63. The molecule has 0 bridgehead atoms. The fraction of sp³-hybridized carbons (Fsp3) is 0.312. The Bertz CT molecular complexity index is 680. The molecule has 0 spiro atoms. The number of hydrogen-bond donors (Lipinski definition) is 1. The van der Waals surface area contributed by atoms with Crippen LogP contribution in [0.2, 0.25) is 0 Å². The summed E-state index contributed by atoms with van der Waals surface area (Å²) in [6.45, 7) is 0. The molecule has 1 aliphatic rings. The predicted octanol–water partition coefficient (Wildman–Crippen LogP) is 1.82. The summed E-state index contributed by atoms with van der Waals surface area (Å²) in [5.74, 6) is -0.156. The molecule has 3 rings (SSSR count). The summed E-state index contributed by atoms with van der Waals surface area (Å²) < 4.78 is 1.63. The molecule has 6 nitrogen and oxygen atoms in total. The number of aromatic nitrogens is 2. The first-order chi connectivity index (χ1) is 10.7. The number of carbonyl (C=O) groups is 2. The molecule has 2 heterocycles. The highest BCUT2D eigenvalue weighted by Gasteiger charge is 2.31. The van der Waals surface area contributed by atoms with Gasteiger partial charge in [-0.15, -0.1) is 0 Å². The normalized spacial score (nSPS) is 18.3. The predicted molar refractivity (Wildman–Crippen MR) is 80.6 cm³/mol. The van der Waals surface area contributed by atoms with Crippen LogP contribution < -0.4 is 5.43 Å². The van der Waals surface area contributed by atoms with Gasteiger partial charge in [-0.05, 0) is 18.4 Å². The van der Waals surface area contributed by atoms with Crippen molar-refractivity contribution in [2.45, 2.75) is 25.3 Å². The van der Waals surface area contributed by atoms with Gasteiger partial charge < -0.3 is 4.57 Å². The second-order valence-corrected chi connectivity index (χ2v) is 5.39. The van der Waals surface area contributed by atoms with Crippen molar-refractivity contribution < 1.29 is 9.59 Å². The van der Waals surface area contributed by atoms with Crippen molar-refractivity contribution in [2.24, 2.45) is 7.05 Å². The second-order valence-electron chi connectivity index (χ2n) is 5.39. The first kappa shape index (κ1) is 14.3. The maximum absolute atomic E-state index is 12.3. The van der Waals surface area contributed by atoms with Gasteiger partial charge in [-0.25, -0.2) is 9.99 Å². The molecular weight excluding hydrogens is 280 g/mol. The van der Waals surface area contributed by atoms with Gasteiger partial charge in [-0.1, -0.05) is 30.3 Å². The molecule has 2 aromatic rings. The van der Waals surface area contributed by atoms with Gasteiger partial charge in [-0.3, -0.25) is 15.0 Å². The third-order valence-corrected chi connectivity index (χ3v) is 3.88. The van der Waals surface area contributed by atoms with E-state index in [9.17, 15) is 9.59 Å². The van der Waals surface area contributed by atoms with E-state index in [-0.39, 0.29) is 23.7 Å². The van der Waals surface area contributed by atoms with E-state index in [0.717, 1.165) is 18.4 Å². The summed E-state index contributed by atoms with van der Waals surface area (Å²) in [4.78, 5) is 28.6. The molecule has 1 unspecified atom stereocenters. The number of imidazole rings is 1. The molecule has 1 saturated heterocycles. The van der Waals surface area contributed by atoms with Gasteiger partial charge >= 0.3 is 5.91 Å². The molecule has 0 aliphatic carbocycles. The molecular formula is C16H18N4O2. The Morgan fingerprint density at radius 2 is 2.09 bits per heavy atom. The smallest absolute Gasteiger partial charge is 0.305 e. The summed E-state index contributed by atoms with van der Waals surface area (Å²) in [6.07, 6.45) is 5.36. The van der Waals surface area contributed by atoms with Crippen LogP contribution in [0.15, 0.2) is 42.7 Å². The van der Waals surface area contributed by atoms with Gasteiger partial charge in [0.25, 0.3) is 0 Å². The fourth-order valence-corrected chi connectivity index (χ4v) is 2.74. The Morgan fingerprint density at radius 3 is 2.77 bits per heavy atom. The number of hydrazine groups is 1. The lowest BCUT2D eigenvalue weighted by Crippen LogP contribution is -2.50. The number of nitrogens with zero attached hydrogens (tertiary/aromatic N) is 3. The number of piperidine rings is 1. The number of hydrogen-bond acceptors (Lipinski definition) is 3. The van der Waals surface area contributed by atoms with Gasteiger partial charge in [0.1, 0.15) is 0 Å². The van der Waals surface area contributed by atoms with Crippen LogP contribution in [0.25, 0.3) is 0 Å². The molecule has 1 atom stereocenters. The molecule has 0 saturated carbocycles. The number of rotatable bonds is 3. The zero-order valence-corrected chi connectivity index (χ0v) is 12.4. The van der Waals surface area contributed by atoms with Crippen molar-refractivity contribution in [1.82, 2.24) is 20.0 Å². The van der Waals surface area contributed by atoms with Gasteiger partial charge in [0.15, 0.2) is 5.82 Å². The monoisotopic (exact) mass is 298 g/mol. The van der Waals surface area contributed by atoms with Gasteiger partial charge in [-0.2, -0.15) is 0 Å². The molecule has 1 N–H and O–H groups in total. The van der Waals surface area contributed by atoms with Crippen LogP contribution in [-0.4, -0.2) is 26.4 Å². The summed E-state index contributed by atoms with van der Waals surface area (Å²) >= 11 is 0. The van der Waals surface area contributed by atoms with E-state index >= 15 is 0 Å². The Labute approximate surface area is 128 Å². The number of carbonyl (C=O) groups excluding carboxylic acids is 2. The lowest BCUT2D eigenvalue weighted by Gasteiger charge is -2.35. The van der Waals surface area contributed by atoms with Crippen LogP contribution in [0, 0.1) is 0 Å². The Kier molecular flexibility index (Phi) is 3.91. The minimum atomic E-state index is -0.372.